The molecule has 2 heteroatoms. The first kappa shape index (κ1) is 10.6. The maximum Gasteiger partial charge on any atom is 0.257 e. The fraction of sp³-hybridized carbons (Fsp3) is 0.778. The lowest BCUT2D eigenvalue weighted by Crippen LogP contribution is -1.80. The second-order valence-corrected chi connectivity index (χ2v) is 2.61. The first-order valence-electron chi connectivity index (χ1n) is 4.22. The summed E-state index contributed by atoms with van der Waals surface area (Å²) in [5, 5.41) is 0. The Labute approximate surface area is 67.3 Å². The molecule has 0 bridgehead atoms. The van der Waals surface area contributed by atoms with Gasteiger partial charge in [-0.15, -0.1) is 0 Å². The van der Waals surface area contributed by atoms with Gasteiger partial charge in [-0.2, -0.15) is 0 Å². The molecule has 0 saturated heterocycles. The van der Waals surface area contributed by atoms with Crippen molar-refractivity contribution in [1.82, 2.24) is 0 Å². The van der Waals surface area contributed by atoms with Gasteiger partial charge in [-0.3, -0.25) is 0 Å². The number of hydrogen-bond donors (Lipinski definition) is 0. The molecule has 0 aliphatic rings. The van der Waals surface area contributed by atoms with Crippen LogP contribution in [0.4, 0.5) is 8.78 Å². The molecule has 0 fully saturated rings. The molecule has 0 nitrogen and oxygen atoms in total. The minimum Gasteiger partial charge on any atom is -0.206 e. The summed E-state index contributed by atoms with van der Waals surface area (Å²) in [4.78, 5) is 0. The van der Waals surface area contributed by atoms with E-state index in [2.05, 4.69) is 6.92 Å². The van der Waals surface area contributed by atoms with Crippen LogP contribution in [0.5, 0.6) is 0 Å². The van der Waals surface area contributed by atoms with Crippen molar-refractivity contribution in [3.8, 4) is 0 Å². The average Bonchev–Trinajstić information content (AvgIpc) is 1.96. The third kappa shape index (κ3) is 9.60. The third-order valence-corrected chi connectivity index (χ3v) is 1.51. The molecule has 0 aromatic heterocycles. The predicted molar refractivity (Wildman–Crippen MR) is 43.9 cm³/mol. The Kier molecular flexibility index (Phi) is 7.42. The molecular formula is C9H16F2. The highest BCUT2D eigenvalue weighted by Gasteiger charge is 1.91. The molecule has 0 unspecified atom stereocenters. The van der Waals surface area contributed by atoms with Crippen LogP contribution in [0.2, 0.25) is 0 Å². The van der Waals surface area contributed by atoms with Crippen molar-refractivity contribution in [1.29, 1.82) is 0 Å². The number of rotatable bonds is 6. The first-order chi connectivity index (χ1) is 5.27. The van der Waals surface area contributed by atoms with Crippen LogP contribution in [0.3, 0.4) is 0 Å². The molecular weight excluding hydrogens is 146 g/mol. The zero-order chi connectivity index (χ0) is 8.53. The number of unbranched alkanes of at least 4 members (excludes halogenated alkanes) is 4. The van der Waals surface area contributed by atoms with E-state index in [0.29, 0.717) is 0 Å². The van der Waals surface area contributed by atoms with Gasteiger partial charge in [0.15, 0.2) is 0 Å². The third-order valence-electron chi connectivity index (χ3n) is 1.51. The van der Waals surface area contributed by atoms with Crippen molar-refractivity contribution < 1.29 is 8.78 Å². The number of alkyl halides is 2. The molecule has 0 aromatic carbocycles. The molecule has 0 N–H and O–H groups in total. The standard InChI is InChI=1S/C9H16F2/c1-2-3-4-5-6-7-8-9(10)11/h7-9H,2-6H2,1H3/b8-7+. The molecule has 0 saturated carbocycles. The maximum absolute atomic E-state index is 11.5. The van der Waals surface area contributed by atoms with E-state index in [1.807, 2.05) is 0 Å². The Balaban J connectivity index is 3.01. The van der Waals surface area contributed by atoms with Gasteiger partial charge < -0.3 is 0 Å². The number of allylic oxidation sites excluding steroid dienone is 2. The van der Waals surface area contributed by atoms with Gasteiger partial charge >= 0.3 is 0 Å². The van der Waals surface area contributed by atoms with E-state index in [1.165, 1.54) is 12.8 Å². The molecule has 0 radical (unpaired) electrons. The lowest BCUT2D eigenvalue weighted by molar-refractivity contribution is 0.204. The summed E-state index contributed by atoms with van der Waals surface area (Å²) in [5.74, 6) is 0. The summed E-state index contributed by atoms with van der Waals surface area (Å²) in [7, 11) is 0. The zero-order valence-electron chi connectivity index (χ0n) is 7.02. The van der Waals surface area contributed by atoms with Gasteiger partial charge in [0.1, 0.15) is 0 Å². The smallest absolute Gasteiger partial charge is 0.206 e. The fourth-order valence-electron chi connectivity index (χ4n) is 0.888. The number of halogens is 2. The van der Waals surface area contributed by atoms with E-state index in [0.717, 1.165) is 25.3 Å². The van der Waals surface area contributed by atoms with Crippen LogP contribution in [0.25, 0.3) is 0 Å². The summed E-state index contributed by atoms with van der Waals surface area (Å²) in [6.45, 7) is 2.13. The van der Waals surface area contributed by atoms with E-state index in [9.17, 15) is 8.78 Å². The van der Waals surface area contributed by atoms with Crippen LogP contribution in [-0.2, 0) is 0 Å². The van der Waals surface area contributed by atoms with Crippen molar-refractivity contribution >= 4 is 0 Å². The van der Waals surface area contributed by atoms with Crippen LogP contribution < -0.4 is 0 Å². The monoisotopic (exact) mass is 162 g/mol. The largest absolute Gasteiger partial charge is 0.257 e. The van der Waals surface area contributed by atoms with Crippen LogP contribution >= 0.6 is 0 Å². The lowest BCUT2D eigenvalue weighted by atomic mass is 10.1. The van der Waals surface area contributed by atoms with Crippen molar-refractivity contribution in [2.24, 2.45) is 0 Å². The number of hydrogen-bond acceptors (Lipinski definition) is 0. The molecule has 0 rings (SSSR count). The normalized spacial score (nSPS) is 11.6. The van der Waals surface area contributed by atoms with Crippen LogP contribution in [0, 0.1) is 0 Å². The molecule has 0 spiro atoms. The summed E-state index contributed by atoms with van der Waals surface area (Å²) in [5.41, 5.74) is 0. The van der Waals surface area contributed by atoms with Crippen LogP contribution in [-0.4, -0.2) is 6.43 Å². The van der Waals surface area contributed by atoms with E-state index >= 15 is 0 Å². The Morgan fingerprint density at radius 3 is 2.45 bits per heavy atom. The Morgan fingerprint density at radius 1 is 1.18 bits per heavy atom. The summed E-state index contributed by atoms with van der Waals surface area (Å²) in [6.07, 6.45) is 5.65. The Bertz CT molecular complexity index is 97.7. The Hall–Kier alpha value is -0.400. The van der Waals surface area contributed by atoms with Gasteiger partial charge in [0.2, 0.25) is 0 Å². The van der Waals surface area contributed by atoms with Gasteiger partial charge in [-0.05, 0) is 18.9 Å². The second-order valence-electron chi connectivity index (χ2n) is 2.61. The van der Waals surface area contributed by atoms with E-state index < -0.39 is 6.43 Å². The summed E-state index contributed by atoms with van der Waals surface area (Å²) in [6, 6.07) is 0. The van der Waals surface area contributed by atoms with E-state index in [4.69, 9.17) is 0 Å². The van der Waals surface area contributed by atoms with E-state index in [-0.39, 0.29) is 0 Å². The predicted octanol–water partition coefficient (Wildman–Crippen LogP) is 3.78. The second kappa shape index (κ2) is 7.70. The van der Waals surface area contributed by atoms with Crippen molar-refractivity contribution in [2.75, 3.05) is 0 Å². The quantitative estimate of drug-likeness (QED) is 0.412. The Morgan fingerprint density at radius 2 is 1.91 bits per heavy atom. The fourth-order valence-corrected chi connectivity index (χ4v) is 0.888. The molecule has 0 heterocycles. The highest BCUT2D eigenvalue weighted by Crippen LogP contribution is 2.04. The summed E-state index contributed by atoms with van der Waals surface area (Å²) >= 11 is 0. The lowest BCUT2D eigenvalue weighted by Gasteiger charge is -1.93. The van der Waals surface area contributed by atoms with Crippen LogP contribution in [0.15, 0.2) is 12.2 Å². The molecule has 0 aliphatic heterocycles. The van der Waals surface area contributed by atoms with Crippen molar-refractivity contribution in [3.63, 3.8) is 0 Å². The summed E-state index contributed by atoms with van der Waals surface area (Å²) < 4.78 is 23.0. The van der Waals surface area contributed by atoms with E-state index in [1.54, 1.807) is 6.08 Å². The van der Waals surface area contributed by atoms with Gasteiger partial charge in [0.05, 0.1) is 0 Å². The van der Waals surface area contributed by atoms with Gasteiger partial charge in [-0.25, -0.2) is 8.78 Å². The molecule has 0 atom stereocenters. The highest BCUT2D eigenvalue weighted by atomic mass is 19.3. The maximum atomic E-state index is 11.5. The highest BCUT2D eigenvalue weighted by molar-refractivity contribution is 4.83. The average molecular weight is 162 g/mol. The molecule has 11 heavy (non-hydrogen) atoms. The zero-order valence-corrected chi connectivity index (χ0v) is 7.02. The molecule has 0 aromatic rings. The van der Waals surface area contributed by atoms with Gasteiger partial charge in [0.25, 0.3) is 6.43 Å². The molecule has 66 valence electrons. The minimum atomic E-state index is -2.28. The van der Waals surface area contributed by atoms with Gasteiger partial charge in [0, 0.05) is 0 Å². The van der Waals surface area contributed by atoms with Gasteiger partial charge in [-0.1, -0.05) is 32.3 Å². The van der Waals surface area contributed by atoms with Crippen molar-refractivity contribution in [2.45, 2.75) is 45.5 Å². The first-order valence-corrected chi connectivity index (χ1v) is 4.22. The molecule has 0 amide bonds. The minimum absolute atomic E-state index is 0.796. The molecule has 0 aliphatic carbocycles. The van der Waals surface area contributed by atoms with Crippen LogP contribution in [0.1, 0.15) is 39.0 Å². The SMILES string of the molecule is CCCCCC/C=C/C(F)F. The topological polar surface area (TPSA) is 0 Å². The van der Waals surface area contributed by atoms with Crippen molar-refractivity contribution in [3.05, 3.63) is 12.2 Å².